The molecule has 1 aliphatic rings. The van der Waals surface area contributed by atoms with Gasteiger partial charge in [0.25, 0.3) is 0 Å². The molecular formula is C16H17NO. The Morgan fingerprint density at radius 3 is 2.72 bits per heavy atom. The van der Waals surface area contributed by atoms with Gasteiger partial charge in [0.15, 0.2) is 5.75 Å². The van der Waals surface area contributed by atoms with Gasteiger partial charge in [-0.2, -0.15) is 0 Å². The summed E-state index contributed by atoms with van der Waals surface area (Å²) in [5.41, 5.74) is 3.76. The van der Waals surface area contributed by atoms with Crippen molar-refractivity contribution in [2.24, 2.45) is 0 Å². The first-order chi connectivity index (χ1) is 8.83. The zero-order chi connectivity index (χ0) is 12.4. The number of para-hydroxylation sites is 1. The Labute approximate surface area is 108 Å². The minimum atomic E-state index is 0.890. The Morgan fingerprint density at radius 2 is 1.89 bits per heavy atom. The third-order valence-corrected chi connectivity index (χ3v) is 3.29. The molecule has 0 radical (unpaired) electrons. The van der Waals surface area contributed by atoms with Gasteiger partial charge in [0.2, 0.25) is 0 Å². The highest BCUT2D eigenvalue weighted by molar-refractivity contribution is 5.64. The first-order valence-electron chi connectivity index (χ1n) is 6.43. The lowest BCUT2D eigenvalue weighted by atomic mass is 10.0. The monoisotopic (exact) mass is 239 g/mol. The molecule has 0 saturated carbocycles. The number of rotatable bonds is 2. The molecule has 1 N–H and O–H groups in total. The van der Waals surface area contributed by atoms with Crippen LogP contribution in [0.15, 0.2) is 42.5 Å². The standard InChI is InChI=1S/C16H17NO/c1-12-7-9-14(10-8-12)18-15-6-2-4-13-5-3-11-17-16(13)15/h2,4,6-10,17H,3,5,11H2,1H3. The Bertz CT molecular complexity index is 546. The Hall–Kier alpha value is -1.96. The van der Waals surface area contributed by atoms with Crippen molar-refractivity contribution in [1.29, 1.82) is 0 Å². The van der Waals surface area contributed by atoms with Gasteiger partial charge < -0.3 is 10.1 Å². The molecule has 0 atom stereocenters. The lowest BCUT2D eigenvalue weighted by Gasteiger charge is -2.21. The van der Waals surface area contributed by atoms with Crippen molar-refractivity contribution >= 4 is 5.69 Å². The van der Waals surface area contributed by atoms with Crippen LogP contribution in [0.2, 0.25) is 0 Å². The Balaban J connectivity index is 1.90. The van der Waals surface area contributed by atoms with E-state index in [1.165, 1.54) is 17.5 Å². The molecule has 0 spiro atoms. The van der Waals surface area contributed by atoms with E-state index in [9.17, 15) is 0 Å². The van der Waals surface area contributed by atoms with Gasteiger partial charge in [-0.05, 0) is 43.5 Å². The van der Waals surface area contributed by atoms with Crippen LogP contribution in [0.4, 0.5) is 5.69 Å². The minimum Gasteiger partial charge on any atom is -0.455 e. The second kappa shape index (κ2) is 4.73. The molecule has 0 saturated heterocycles. The van der Waals surface area contributed by atoms with Crippen LogP contribution in [0.3, 0.4) is 0 Å². The van der Waals surface area contributed by atoms with Crippen LogP contribution >= 0.6 is 0 Å². The number of hydrogen-bond acceptors (Lipinski definition) is 2. The van der Waals surface area contributed by atoms with Crippen molar-refractivity contribution in [2.75, 3.05) is 11.9 Å². The van der Waals surface area contributed by atoms with E-state index in [-0.39, 0.29) is 0 Å². The molecule has 18 heavy (non-hydrogen) atoms. The molecule has 0 fully saturated rings. The number of nitrogens with one attached hydrogen (secondary N) is 1. The van der Waals surface area contributed by atoms with Gasteiger partial charge in [-0.3, -0.25) is 0 Å². The molecule has 2 aromatic rings. The summed E-state index contributed by atoms with van der Waals surface area (Å²) in [4.78, 5) is 0. The predicted octanol–water partition coefficient (Wildman–Crippen LogP) is 4.15. The quantitative estimate of drug-likeness (QED) is 0.850. The molecule has 3 rings (SSSR count). The highest BCUT2D eigenvalue weighted by atomic mass is 16.5. The molecule has 0 aromatic heterocycles. The molecule has 2 heteroatoms. The van der Waals surface area contributed by atoms with Gasteiger partial charge in [0, 0.05) is 6.54 Å². The number of anilines is 1. The topological polar surface area (TPSA) is 21.3 Å². The van der Waals surface area contributed by atoms with Crippen LogP contribution in [0, 0.1) is 6.92 Å². The molecule has 0 unspecified atom stereocenters. The molecule has 0 aliphatic carbocycles. The van der Waals surface area contributed by atoms with Crippen molar-refractivity contribution in [3.63, 3.8) is 0 Å². The lowest BCUT2D eigenvalue weighted by molar-refractivity contribution is 0.482. The summed E-state index contributed by atoms with van der Waals surface area (Å²) in [6.07, 6.45) is 2.33. The molecule has 0 amide bonds. The maximum Gasteiger partial charge on any atom is 0.150 e. The third-order valence-electron chi connectivity index (χ3n) is 3.29. The van der Waals surface area contributed by atoms with Gasteiger partial charge >= 0.3 is 0 Å². The minimum absolute atomic E-state index is 0.890. The van der Waals surface area contributed by atoms with E-state index >= 15 is 0 Å². The number of benzene rings is 2. The second-order valence-electron chi connectivity index (χ2n) is 4.74. The van der Waals surface area contributed by atoms with Gasteiger partial charge in [0.1, 0.15) is 5.75 Å². The SMILES string of the molecule is Cc1ccc(Oc2cccc3c2NCCC3)cc1. The normalized spacial score (nSPS) is 13.6. The summed E-state index contributed by atoms with van der Waals surface area (Å²) in [5.74, 6) is 1.82. The Kier molecular flexibility index (Phi) is 2.93. The van der Waals surface area contributed by atoms with Gasteiger partial charge in [0.05, 0.1) is 5.69 Å². The van der Waals surface area contributed by atoms with E-state index < -0.39 is 0 Å². The fourth-order valence-corrected chi connectivity index (χ4v) is 2.30. The summed E-state index contributed by atoms with van der Waals surface area (Å²) in [6.45, 7) is 3.11. The van der Waals surface area contributed by atoms with E-state index in [1.54, 1.807) is 0 Å². The fraction of sp³-hybridized carbons (Fsp3) is 0.250. The van der Waals surface area contributed by atoms with E-state index in [4.69, 9.17) is 4.74 Å². The number of ether oxygens (including phenoxy) is 1. The third kappa shape index (κ3) is 2.19. The summed E-state index contributed by atoms with van der Waals surface area (Å²) in [7, 11) is 0. The summed E-state index contributed by atoms with van der Waals surface area (Å²) < 4.78 is 5.97. The van der Waals surface area contributed by atoms with E-state index in [1.807, 2.05) is 18.2 Å². The van der Waals surface area contributed by atoms with Crippen LogP contribution in [-0.4, -0.2) is 6.54 Å². The highest BCUT2D eigenvalue weighted by Gasteiger charge is 2.13. The average Bonchev–Trinajstić information content (AvgIpc) is 2.42. The molecule has 0 bridgehead atoms. The molecule has 92 valence electrons. The van der Waals surface area contributed by atoms with Crippen molar-refractivity contribution in [3.05, 3.63) is 53.6 Å². The molecule has 1 aliphatic heterocycles. The predicted molar refractivity (Wildman–Crippen MR) is 74.5 cm³/mol. The van der Waals surface area contributed by atoms with Crippen LogP contribution in [0.1, 0.15) is 17.5 Å². The van der Waals surface area contributed by atoms with E-state index in [0.29, 0.717) is 0 Å². The highest BCUT2D eigenvalue weighted by Crippen LogP contribution is 2.34. The van der Waals surface area contributed by atoms with Crippen LogP contribution in [0.5, 0.6) is 11.5 Å². The van der Waals surface area contributed by atoms with Gasteiger partial charge in [-0.1, -0.05) is 29.8 Å². The average molecular weight is 239 g/mol. The van der Waals surface area contributed by atoms with Crippen molar-refractivity contribution < 1.29 is 4.74 Å². The van der Waals surface area contributed by atoms with E-state index in [0.717, 1.165) is 30.2 Å². The maximum absolute atomic E-state index is 5.97. The zero-order valence-electron chi connectivity index (χ0n) is 10.6. The van der Waals surface area contributed by atoms with Crippen LogP contribution < -0.4 is 10.1 Å². The lowest BCUT2D eigenvalue weighted by Crippen LogP contribution is -2.12. The number of aryl methyl sites for hydroxylation is 2. The first kappa shape index (κ1) is 11.1. The van der Waals surface area contributed by atoms with Crippen LogP contribution in [-0.2, 0) is 6.42 Å². The molecular weight excluding hydrogens is 222 g/mol. The zero-order valence-corrected chi connectivity index (χ0v) is 10.6. The smallest absolute Gasteiger partial charge is 0.150 e. The maximum atomic E-state index is 5.97. The van der Waals surface area contributed by atoms with E-state index in [2.05, 4.69) is 36.5 Å². The van der Waals surface area contributed by atoms with Crippen LogP contribution in [0.25, 0.3) is 0 Å². The summed E-state index contributed by atoms with van der Waals surface area (Å²) in [6, 6.07) is 14.4. The van der Waals surface area contributed by atoms with Crippen molar-refractivity contribution in [2.45, 2.75) is 19.8 Å². The van der Waals surface area contributed by atoms with Crippen molar-refractivity contribution in [3.8, 4) is 11.5 Å². The summed E-state index contributed by atoms with van der Waals surface area (Å²) in [5, 5.41) is 3.44. The number of hydrogen-bond donors (Lipinski definition) is 1. The second-order valence-corrected chi connectivity index (χ2v) is 4.74. The summed E-state index contributed by atoms with van der Waals surface area (Å²) >= 11 is 0. The molecule has 2 nitrogen and oxygen atoms in total. The first-order valence-corrected chi connectivity index (χ1v) is 6.43. The fourth-order valence-electron chi connectivity index (χ4n) is 2.30. The largest absolute Gasteiger partial charge is 0.455 e. The van der Waals surface area contributed by atoms with Crippen molar-refractivity contribution in [1.82, 2.24) is 0 Å². The Morgan fingerprint density at radius 1 is 1.06 bits per heavy atom. The molecule has 2 aromatic carbocycles. The number of fused-ring (bicyclic) bond motifs is 1. The van der Waals surface area contributed by atoms with Gasteiger partial charge in [-0.15, -0.1) is 0 Å². The van der Waals surface area contributed by atoms with Gasteiger partial charge in [-0.25, -0.2) is 0 Å². The molecule has 1 heterocycles.